The number of rotatable bonds is 8. The summed E-state index contributed by atoms with van der Waals surface area (Å²) in [6, 6.07) is 3.10. The van der Waals surface area contributed by atoms with E-state index in [9.17, 15) is 4.79 Å². The van der Waals surface area contributed by atoms with Crippen LogP contribution < -0.4 is 20.5 Å². The molecule has 3 rings (SSSR count). The Bertz CT molecular complexity index is 834. The molecule has 152 valence electrons. The summed E-state index contributed by atoms with van der Waals surface area (Å²) in [6.07, 6.45) is 0.855. The average molecular weight is 389 g/mol. The third-order valence-electron chi connectivity index (χ3n) is 4.19. The van der Waals surface area contributed by atoms with E-state index in [1.165, 1.54) is 16.8 Å². The molecule has 0 aliphatic carbocycles. The smallest absolute Gasteiger partial charge is 0.330 e. The molecule has 0 spiro atoms. The minimum absolute atomic E-state index is 0.133. The SMILES string of the molecule is CCNc1nc(Oc2ccc(=O)n(CCC(C)C)n2)nc(N2CCOCC2)n1. The first-order chi connectivity index (χ1) is 13.5. The molecular weight excluding hydrogens is 362 g/mol. The number of aromatic nitrogens is 5. The first kappa shape index (κ1) is 20.0. The maximum absolute atomic E-state index is 12.0. The summed E-state index contributed by atoms with van der Waals surface area (Å²) < 4.78 is 12.6. The van der Waals surface area contributed by atoms with E-state index in [0.29, 0.717) is 57.2 Å². The predicted octanol–water partition coefficient (Wildman–Crippen LogP) is 1.54. The number of aryl methyl sites for hydroxylation is 1. The summed E-state index contributed by atoms with van der Waals surface area (Å²) in [4.78, 5) is 27.2. The van der Waals surface area contributed by atoms with Crippen molar-refractivity contribution < 1.29 is 9.47 Å². The van der Waals surface area contributed by atoms with Crippen molar-refractivity contribution in [3.63, 3.8) is 0 Å². The van der Waals surface area contributed by atoms with Crippen molar-refractivity contribution in [2.45, 2.75) is 33.7 Å². The van der Waals surface area contributed by atoms with Gasteiger partial charge in [0.05, 0.1) is 13.2 Å². The van der Waals surface area contributed by atoms with Crippen molar-refractivity contribution in [3.8, 4) is 11.9 Å². The van der Waals surface area contributed by atoms with Crippen LogP contribution in [-0.4, -0.2) is 57.6 Å². The lowest BCUT2D eigenvalue weighted by Gasteiger charge is -2.26. The normalized spacial score (nSPS) is 14.4. The minimum atomic E-state index is -0.161. The molecule has 0 radical (unpaired) electrons. The Morgan fingerprint density at radius 1 is 1.21 bits per heavy atom. The lowest BCUT2D eigenvalue weighted by Crippen LogP contribution is -2.37. The molecule has 0 saturated carbocycles. The minimum Gasteiger partial charge on any atom is -0.403 e. The van der Waals surface area contributed by atoms with Crippen molar-refractivity contribution in [2.75, 3.05) is 43.1 Å². The fourth-order valence-electron chi connectivity index (χ4n) is 2.65. The second kappa shape index (κ2) is 9.45. The van der Waals surface area contributed by atoms with Gasteiger partial charge in [0.1, 0.15) is 0 Å². The molecule has 1 fully saturated rings. The van der Waals surface area contributed by atoms with Crippen LogP contribution in [0, 0.1) is 5.92 Å². The Balaban J connectivity index is 1.83. The lowest BCUT2D eigenvalue weighted by atomic mass is 10.1. The Morgan fingerprint density at radius 3 is 2.71 bits per heavy atom. The largest absolute Gasteiger partial charge is 0.403 e. The van der Waals surface area contributed by atoms with Crippen LogP contribution in [0.25, 0.3) is 0 Å². The van der Waals surface area contributed by atoms with Gasteiger partial charge in [-0.05, 0) is 19.3 Å². The molecule has 2 aromatic rings. The summed E-state index contributed by atoms with van der Waals surface area (Å²) in [6.45, 7) is 10.0. The van der Waals surface area contributed by atoms with E-state index in [-0.39, 0.29) is 17.4 Å². The third kappa shape index (κ3) is 5.38. The van der Waals surface area contributed by atoms with Crippen molar-refractivity contribution in [1.29, 1.82) is 0 Å². The molecule has 0 amide bonds. The molecule has 3 heterocycles. The number of nitrogens with zero attached hydrogens (tertiary/aromatic N) is 6. The van der Waals surface area contributed by atoms with Gasteiger partial charge in [-0.2, -0.15) is 15.0 Å². The van der Waals surface area contributed by atoms with Crippen LogP contribution in [-0.2, 0) is 11.3 Å². The predicted molar refractivity (Wildman–Crippen MR) is 105 cm³/mol. The van der Waals surface area contributed by atoms with Gasteiger partial charge in [-0.25, -0.2) is 4.68 Å². The molecule has 0 atom stereocenters. The quantitative estimate of drug-likeness (QED) is 0.719. The maximum Gasteiger partial charge on any atom is 0.330 e. The summed E-state index contributed by atoms with van der Waals surface area (Å²) >= 11 is 0. The fraction of sp³-hybridized carbons (Fsp3) is 0.611. The Labute approximate surface area is 163 Å². The van der Waals surface area contributed by atoms with Gasteiger partial charge >= 0.3 is 6.01 Å². The highest BCUT2D eigenvalue weighted by molar-refractivity contribution is 5.39. The summed E-state index contributed by atoms with van der Waals surface area (Å²) in [5.74, 6) is 1.70. The van der Waals surface area contributed by atoms with Crippen LogP contribution in [0.1, 0.15) is 27.2 Å². The molecule has 28 heavy (non-hydrogen) atoms. The van der Waals surface area contributed by atoms with Crippen LogP contribution in [0.3, 0.4) is 0 Å². The molecule has 0 aromatic carbocycles. The highest BCUT2D eigenvalue weighted by atomic mass is 16.5. The van der Waals surface area contributed by atoms with Crippen molar-refractivity contribution in [3.05, 3.63) is 22.5 Å². The van der Waals surface area contributed by atoms with Crippen molar-refractivity contribution in [1.82, 2.24) is 24.7 Å². The Hall–Kier alpha value is -2.75. The van der Waals surface area contributed by atoms with Crippen LogP contribution >= 0.6 is 0 Å². The van der Waals surface area contributed by atoms with Crippen LogP contribution in [0.15, 0.2) is 16.9 Å². The van der Waals surface area contributed by atoms with Gasteiger partial charge in [0, 0.05) is 38.3 Å². The van der Waals surface area contributed by atoms with Gasteiger partial charge in [0.2, 0.25) is 17.8 Å². The fourth-order valence-corrected chi connectivity index (χ4v) is 2.65. The monoisotopic (exact) mass is 389 g/mol. The van der Waals surface area contributed by atoms with E-state index in [0.717, 1.165) is 6.42 Å². The number of anilines is 2. The molecule has 1 aliphatic rings. The standard InChI is InChI=1S/C18H27N7O3/c1-4-19-16-20-17(24-9-11-27-12-10-24)22-18(21-16)28-14-5-6-15(26)25(23-14)8-7-13(2)3/h5-6,13H,4,7-12H2,1-3H3,(H,19,20,21,22). The Morgan fingerprint density at radius 2 is 2.00 bits per heavy atom. The van der Waals surface area contributed by atoms with Gasteiger partial charge in [-0.1, -0.05) is 13.8 Å². The molecule has 0 unspecified atom stereocenters. The van der Waals surface area contributed by atoms with Gasteiger partial charge < -0.3 is 19.7 Å². The molecule has 1 aliphatic heterocycles. The zero-order chi connectivity index (χ0) is 19.9. The highest BCUT2D eigenvalue weighted by Crippen LogP contribution is 2.20. The highest BCUT2D eigenvalue weighted by Gasteiger charge is 2.17. The Kier molecular flexibility index (Phi) is 6.75. The first-order valence-electron chi connectivity index (χ1n) is 9.64. The van der Waals surface area contributed by atoms with E-state index in [1.807, 2.05) is 11.8 Å². The van der Waals surface area contributed by atoms with Gasteiger partial charge in [0.25, 0.3) is 5.56 Å². The zero-order valence-corrected chi connectivity index (χ0v) is 16.6. The van der Waals surface area contributed by atoms with Gasteiger partial charge in [0.15, 0.2) is 0 Å². The van der Waals surface area contributed by atoms with Crippen LogP contribution in [0.2, 0.25) is 0 Å². The van der Waals surface area contributed by atoms with E-state index >= 15 is 0 Å². The lowest BCUT2D eigenvalue weighted by molar-refractivity contribution is 0.122. The van der Waals surface area contributed by atoms with Crippen molar-refractivity contribution in [2.24, 2.45) is 5.92 Å². The summed E-state index contributed by atoms with van der Waals surface area (Å²) in [7, 11) is 0. The number of ether oxygens (including phenoxy) is 2. The third-order valence-corrected chi connectivity index (χ3v) is 4.19. The van der Waals surface area contributed by atoms with Gasteiger partial charge in [-0.15, -0.1) is 5.10 Å². The average Bonchev–Trinajstić information content (AvgIpc) is 2.69. The molecule has 1 saturated heterocycles. The number of hydrogen-bond acceptors (Lipinski definition) is 9. The van der Waals surface area contributed by atoms with E-state index in [4.69, 9.17) is 9.47 Å². The summed E-state index contributed by atoms with van der Waals surface area (Å²) in [5.41, 5.74) is -0.161. The molecule has 1 N–H and O–H groups in total. The van der Waals surface area contributed by atoms with Crippen LogP contribution in [0.4, 0.5) is 11.9 Å². The molecule has 10 nitrogen and oxygen atoms in total. The molecule has 2 aromatic heterocycles. The zero-order valence-electron chi connectivity index (χ0n) is 16.6. The first-order valence-corrected chi connectivity index (χ1v) is 9.64. The molecular formula is C18H27N7O3. The van der Waals surface area contributed by atoms with E-state index < -0.39 is 0 Å². The number of nitrogens with one attached hydrogen (secondary N) is 1. The summed E-state index contributed by atoms with van der Waals surface area (Å²) in [5, 5.41) is 7.38. The second-order valence-corrected chi connectivity index (χ2v) is 6.89. The van der Waals surface area contributed by atoms with Crippen LogP contribution in [0.5, 0.6) is 11.9 Å². The van der Waals surface area contributed by atoms with E-state index in [1.54, 1.807) is 0 Å². The van der Waals surface area contributed by atoms with E-state index in [2.05, 4.69) is 39.2 Å². The second-order valence-electron chi connectivity index (χ2n) is 6.89. The van der Waals surface area contributed by atoms with Gasteiger partial charge in [-0.3, -0.25) is 4.79 Å². The topological polar surface area (TPSA) is 107 Å². The molecule has 0 bridgehead atoms. The number of morpholine rings is 1. The number of hydrogen-bond donors (Lipinski definition) is 1. The molecule has 10 heteroatoms. The maximum atomic E-state index is 12.0. The van der Waals surface area contributed by atoms with Crippen molar-refractivity contribution >= 4 is 11.9 Å².